The van der Waals surface area contributed by atoms with E-state index in [0.29, 0.717) is 11.3 Å². The SMILES string of the molecule is COc1c(C)c(=O)[nH]c2cc3ccccc3cc12. The van der Waals surface area contributed by atoms with E-state index in [-0.39, 0.29) is 5.56 Å². The van der Waals surface area contributed by atoms with Gasteiger partial charge in [-0.3, -0.25) is 4.79 Å². The van der Waals surface area contributed by atoms with Crippen molar-refractivity contribution in [1.29, 1.82) is 0 Å². The van der Waals surface area contributed by atoms with Crippen LogP contribution >= 0.6 is 0 Å². The number of H-pyrrole nitrogens is 1. The quantitative estimate of drug-likeness (QED) is 0.663. The van der Waals surface area contributed by atoms with Gasteiger partial charge in [-0.25, -0.2) is 0 Å². The Labute approximate surface area is 104 Å². The molecular weight excluding hydrogens is 226 g/mol. The van der Waals surface area contributed by atoms with Gasteiger partial charge in [0.05, 0.1) is 18.2 Å². The van der Waals surface area contributed by atoms with Crippen molar-refractivity contribution in [2.24, 2.45) is 0 Å². The maximum atomic E-state index is 11.8. The highest BCUT2D eigenvalue weighted by Gasteiger charge is 2.10. The summed E-state index contributed by atoms with van der Waals surface area (Å²) in [6.45, 7) is 1.77. The molecule has 1 aromatic heterocycles. The lowest BCUT2D eigenvalue weighted by Crippen LogP contribution is -2.11. The second-order valence-corrected chi connectivity index (χ2v) is 4.36. The summed E-state index contributed by atoms with van der Waals surface area (Å²) in [6.07, 6.45) is 0. The van der Waals surface area contributed by atoms with E-state index < -0.39 is 0 Å². The fourth-order valence-electron chi connectivity index (χ4n) is 2.32. The first kappa shape index (κ1) is 10.8. The standard InChI is InChI=1S/C15H13NO2/c1-9-14(18-2)12-7-10-5-3-4-6-11(10)8-13(12)16-15(9)17/h3-8H,1-2H3,(H,16,17). The molecule has 0 saturated heterocycles. The summed E-state index contributed by atoms with van der Waals surface area (Å²) in [7, 11) is 1.59. The molecule has 18 heavy (non-hydrogen) atoms. The monoisotopic (exact) mass is 239 g/mol. The lowest BCUT2D eigenvalue weighted by Gasteiger charge is -2.09. The Hall–Kier alpha value is -2.29. The molecule has 1 heterocycles. The summed E-state index contributed by atoms with van der Waals surface area (Å²) in [6, 6.07) is 12.1. The van der Waals surface area contributed by atoms with E-state index in [2.05, 4.69) is 11.1 Å². The van der Waals surface area contributed by atoms with Gasteiger partial charge in [0.1, 0.15) is 5.75 Å². The normalized spacial score (nSPS) is 11.0. The van der Waals surface area contributed by atoms with Gasteiger partial charge in [-0.1, -0.05) is 24.3 Å². The van der Waals surface area contributed by atoms with Gasteiger partial charge in [0.15, 0.2) is 0 Å². The Balaban J connectivity index is 2.54. The summed E-state index contributed by atoms with van der Waals surface area (Å²) < 4.78 is 5.37. The Kier molecular flexibility index (Phi) is 2.33. The fraction of sp³-hybridized carbons (Fsp3) is 0.133. The van der Waals surface area contributed by atoms with Crippen molar-refractivity contribution in [3.05, 3.63) is 52.3 Å². The third-order valence-electron chi connectivity index (χ3n) is 3.26. The van der Waals surface area contributed by atoms with Crippen LogP contribution in [0.5, 0.6) is 5.75 Å². The van der Waals surface area contributed by atoms with Gasteiger partial charge in [0.2, 0.25) is 0 Å². The number of methoxy groups -OCH3 is 1. The van der Waals surface area contributed by atoms with Crippen LogP contribution in [0.15, 0.2) is 41.2 Å². The zero-order valence-electron chi connectivity index (χ0n) is 10.3. The van der Waals surface area contributed by atoms with Crippen molar-refractivity contribution in [1.82, 2.24) is 4.98 Å². The summed E-state index contributed by atoms with van der Waals surface area (Å²) in [5.41, 5.74) is 1.32. The first-order valence-corrected chi connectivity index (χ1v) is 5.80. The minimum absolute atomic E-state index is 0.102. The molecule has 3 nitrogen and oxygen atoms in total. The lowest BCUT2D eigenvalue weighted by molar-refractivity contribution is 0.416. The Morgan fingerprint density at radius 3 is 2.44 bits per heavy atom. The van der Waals surface area contributed by atoms with Crippen LogP contribution in [0.2, 0.25) is 0 Å². The highest BCUT2D eigenvalue weighted by Crippen LogP contribution is 2.29. The molecule has 0 saturated carbocycles. The maximum absolute atomic E-state index is 11.8. The second-order valence-electron chi connectivity index (χ2n) is 4.36. The van der Waals surface area contributed by atoms with Crippen LogP contribution in [0.4, 0.5) is 0 Å². The highest BCUT2D eigenvalue weighted by atomic mass is 16.5. The summed E-state index contributed by atoms with van der Waals surface area (Å²) >= 11 is 0. The molecule has 0 aliphatic carbocycles. The number of fused-ring (bicyclic) bond motifs is 2. The average molecular weight is 239 g/mol. The Bertz CT molecular complexity index is 803. The molecule has 0 aliphatic rings. The second kappa shape index (κ2) is 3.88. The van der Waals surface area contributed by atoms with Crippen LogP contribution in [0, 0.1) is 6.92 Å². The molecule has 0 bridgehead atoms. The van der Waals surface area contributed by atoms with Crippen molar-refractivity contribution >= 4 is 21.7 Å². The molecule has 0 radical (unpaired) electrons. The van der Waals surface area contributed by atoms with E-state index in [9.17, 15) is 4.79 Å². The molecule has 0 fully saturated rings. The van der Waals surface area contributed by atoms with Crippen LogP contribution in [0.25, 0.3) is 21.7 Å². The first-order chi connectivity index (χ1) is 8.70. The fourth-order valence-corrected chi connectivity index (χ4v) is 2.32. The summed E-state index contributed by atoms with van der Waals surface area (Å²) in [5, 5.41) is 3.18. The van der Waals surface area contributed by atoms with Gasteiger partial charge in [-0.05, 0) is 29.8 Å². The number of aromatic amines is 1. The van der Waals surface area contributed by atoms with E-state index in [1.54, 1.807) is 14.0 Å². The van der Waals surface area contributed by atoms with Crippen molar-refractivity contribution in [3.63, 3.8) is 0 Å². The van der Waals surface area contributed by atoms with E-state index >= 15 is 0 Å². The van der Waals surface area contributed by atoms with Crippen molar-refractivity contribution in [2.75, 3.05) is 7.11 Å². The molecule has 2 aromatic carbocycles. The molecule has 0 spiro atoms. The van der Waals surface area contributed by atoms with Crippen molar-refractivity contribution < 1.29 is 4.74 Å². The molecule has 0 amide bonds. The van der Waals surface area contributed by atoms with Gasteiger partial charge >= 0.3 is 0 Å². The number of hydrogen-bond donors (Lipinski definition) is 1. The van der Waals surface area contributed by atoms with Gasteiger partial charge in [-0.15, -0.1) is 0 Å². The molecule has 1 N–H and O–H groups in total. The number of ether oxygens (including phenoxy) is 1. The van der Waals surface area contributed by atoms with Crippen LogP contribution in [-0.2, 0) is 0 Å². The van der Waals surface area contributed by atoms with Gasteiger partial charge < -0.3 is 9.72 Å². The number of benzene rings is 2. The Morgan fingerprint density at radius 1 is 1.11 bits per heavy atom. The van der Waals surface area contributed by atoms with Gasteiger partial charge in [0, 0.05) is 5.39 Å². The van der Waals surface area contributed by atoms with Crippen molar-refractivity contribution in [2.45, 2.75) is 6.92 Å². The topological polar surface area (TPSA) is 42.1 Å². The number of hydrogen-bond acceptors (Lipinski definition) is 2. The predicted molar refractivity (Wildman–Crippen MR) is 73.4 cm³/mol. The third-order valence-corrected chi connectivity index (χ3v) is 3.26. The smallest absolute Gasteiger partial charge is 0.255 e. The van der Waals surface area contributed by atoms with Crippen LogP contribution in [0.3, 0.4) is 0 Å². The largest absolute Gasteiger partial charge is 0.496 e. The molecule has 3 rings (SSSR count). The first-order valence-electron chi connectivity index (χ1n) is 5.80. The zero-order chi connectivity index (χ0) is 12.7. The molecule has 3 aromatic rings. The van der Waals surface area contributed by atoms with Crippen LogP contribution in [-0.4, -0.2) is 12.1 Å². The maximum Gasteiger partial charge on any atom is 0.255 e. The lowest BCUT2D eigenvalue weighted by atomic mass is 10.1. The molecular formula is C15H13NO2. The van der Waals surface area contributed by atoms with E-state index in [0.717, 1.165) is 21.7 Å². The molecule has 3 heteroatoms. The summed E-state index contributed by atoms with van der Waals surface area (Å²) in [4.78, 5) is 14.7. The van der Waals surface area contributed by atoms with Crippen LogP contribution in [0.1, 0.15) is 5.56 Å². The minimum Gasteiger partial charge on any atom is -0.496 e. The van der Waals surface area contributed by atoms with Crippen LogP contribution < -0.4 is 10.3 Å². The number of pyridine rings is 1. The van der Waals surface area contributed by atoms with Gasteiger partial charge in [0.25, 0.3) is 5.56 Å². The van der Waals surface area contributed by atoms with E-state index in [4.69, 9.17) is 4.74 Å². The van der Waals surface area contributed by atoms with Crippen molar-refractivity contribution in [3.8, 4) is 5.75 Å². The average Bonchev–Trinajstić information content (AvgIpc) is 2.38. The van der Waals surface area contributed by atoms with E-state index in [1.165, 1.54) is 0 Å². The number of aromatic nitrogens is 1. The number of nitrogens with one attached hydrogen (secondary N) is 1. The molecule has 0 atom stereocenters. The summed E-state index contributed by atoms with van der Waals surface area (Å²) in [5.74, 6) is 0.652. The molecule has 0 unspecified atom stereocenters. The predicted octanol–water partition coefficient (Wildman–Crippen LogP) is 3.00. The zero-order valence-corrected chi connectivity index (χ0v) is 10.3. The number of rotatable bonds is 1. The van der Waals surface area contributed by atoms with E-state index in [1.807, 2.05) is 30.3 Å². The van der Waals surface area contributed by atoms with Gasteiger partial charge in [-0.2, -0.15) is 0 Å². The molecule has 90 valence electrons. The molecule has 0 aliphatic heterocycles. The minimum atomic E-state index is -0.102. The third kappa shape index (κ3) is 1.48. The highest BCUT2D eigenvalue weighted by molar-refractivity contribution is 5.99. The Morgan fingerprint density at radius 2 is 1.78 bits per heavy atom.